The molecule has 1 aliphatic rings. The van der Waals surface area contributed by atoms with E-state index in [4.69, 9.17) is 0 Å². The Labute approximate surface area is 119 Å². The maximum atomic E-state index is 9.25. The van der Waals surface area contributed by atoms with Gasteiger partial charge in [0.15, 0.2) is 0 Å². The molecule has 3 nitrogen and oxygen atoms in total. The maximum absolute atomic E-state index is 9.25. The van der Waals surface area contributed by atoms with Gasteiger partial charge in [0.2, 0.25) is 0 Å². The van der Waals surface area contributed by atoms with Crippen molar-refractivity contribution in [3.63, 3.8) is 0 Å². The highest BCUT2D eigenvalue weighted by molar-refractivity contribution is 5.03. The fourth-order valence-electron chi connectivity index (χ4n) is 2.77. The molecule has 0 radical (unpaired) electrons. The van der Waals surface area contributed by atoms with E-state index in [1.54, 1.807) is 0 Å². The fourth-order valence-corrected chi connectivity index (χ4v) is 2.77. The van der Waals surface area contributed by atoms with Crippen LogP contribution in [-0.4, -0.2) is 36.6 Å². The Morgan fingerprint density at radius 2 is 1.95 bits per heavy atom. The average Bonchev–Trinajstić information content (AvgIpc) is 2.92. The normalized spacial score (nSPS) is 19.8. The lowest BCUT2D eigenvalue weighted by molar-refractivity contribution is 0.174. The Morgan fingerprint density at radius 1 is 1.32 bits per heavy atom. The van der Waals surface area contributed by atoms with E-state index in [9.17, 15) is 5.26 Å². The van der Waals surface area contributed by atoms with Gasteiger partial charge in [-0.25, -0.2) is 0 Å². The predicted octanol–water partition coefficient (Wildman–Crippen LogP) is 3.17. The van der Waals surface area contributed by atoms with Gasteiger partial charge in [-0.2, -0.15) is 5.26 Å². The summed E-state index contributed by atoms with van der Waals surface area (Å²) in [6.45, 7) is 8.82. The van der Waals surface area contributed by atoms with Crippen LogP contribution in [0.15, 0.2) is 0 Å². The van der Waals surface area contributed by atoms with Gasteiger partial charge >= 0.3 is 0 Å². The Balaban J connectivity index is 2.51. The molecule has 1 aliphatic carbocycles. The first kappa shape index (κ1) is 16.5. The van der Waals surface area contributed by atoms with Crippen molar-refractivity contribution >= 4 is 0 Å². The lowest BCUT2D eigenvalue weighted by Crippen LogP contribution is -2.44. The molecule has 1 rings (SSSR count). The minimum atomic E-state index is -0.380. The van der Waals surface area contributed by atoms with Gasteiger partial charge in [0, 0.05) is 12.6 Å². The topological polar surface area (TPSA) is 39.1 Å². The van der Waals surface area contributed by atoms with Crippen molar-refractivity contribution in [1.82, 2.24) is 10.2 Å². The van der Waals surface area contributed by atoms with Crippen LogP contribution in [0.4, 0.5) is 0 Å². The second-order valence-corrected chi connectivity index (χ2v) is 6.60. The van der Waals surface area contributed by atoms with Gasteiger partial charge in [0.05, 0.1) is 6.07 Å². The summed E-state index contributed by atoms with van der Waals surface area (Å²) in [5, 5.41) is 12.4. The molecule has 1 saturated carbocycles. The Kier molecular flexibility index (Phi) is 6.82. The molecule has 1 atom stereocenters. The lowest BCUT2D eigenvalue weighted by Gasteiger charge is -2.32. The molecule has 0 aromatic heterocycles. The number of nitrogens with one attached hydrogen (secondary N) is 1. The molecule has 1 fully saturated rings. The summed E-state index contributed by atoms with van der Waals surface area (Å²) in [7, 11) is 1.89. The highest BCUT2D eigenvalue weighted by Gasteiger charge is 2.26. The summed E-state index contributed by atoms with van der Waals surface area (Å²) in [6.07, 6.45) is 7.63. The Morgan fingerprint density at radius 3 is 2.42 bits per heavy atom. The van der Waals surface area contributed by atoms with E-state index in [0.717, 1.165) is 24.9 Å². The molecule has 3 heteroatoms. The molecule has 0 spiro atoms. The van der Waals surface area contributed by atoms with Crippen LogP contribution in [0.1, 0.15) is 59.3 Å². The molecule has 0 bridgehead atoms. The van der Waals surface area contributed by atoms with E-state index in [-0.39, 0.29) is 5.54 Å². The van der Waals surface area contributed by atoms with Crippen molar-refractivity contribution < 1.29 is 0 Å². The zero-order chi connectivity index (χ0) is 14.3. The van der Waals surface area contributed by atoms with Gasteiger partial charge < -0.3 is 10.2 Å². The van der Waals surface area contributed by atoms with Crippen LogP contribution in [0.5, 0.6) is 0 Å². The minimum absolute atomic E-state index is 0.380. The Hall–Kier alpha value is -0.590. The molecule has 0 amide bonds. The van der Waals surface area contributed by atoms with Crippen molar-refractivity contribution in [2.45, 2.75) is 70.9 Å². The molecule has 0 aliphatic heterocycles. The summed E-state index contributed by atoms with van der Waals surface area (Å²) in [4.78, 5) is 2.64. The Bertz CT molecular complexity index is 289. The third-order valence-electron chi connectivity index (χ3n) is 4.53. The quantitative estimate of drug-likeness (QED) is 0.732. The molecule has 0 aromatic rings. The monoisotopic (exact) mass is 265 g/mol. The second-order valence-electron chi connectivity index (χ2n) is 6.60. The lowest BCUT2D eigenvalue weighted by atomic mass is 9.99. The number of rotatable bonds is 8. The maximum Gasteiger partial charge on any atom is 0.104 e. The van der Waals surface area contributed by atoms with E-state index >= 15 is 0 Å². The summed E-state index contributed by atoms with van der Waals surface area (Å²) in [6, 6.07) is 3.16. The molecular weight excluding hydrogens is 234 g/mol. The van der Waals surface area contributed by atoms with Crippen LogP contribution in [0.2, 0.25) is 0 Å². The molecule has 1 unspecified atom stereocenters. The van der Waals surface area contributed by atoms with Crippen LogP contribution in [-0.2, 0) is 0 Å². The van der Waals surface area contributed by atoms with Crippen LogP contribution in [0.3, 0.4) is 0 Å². The van der Waals surface area contributed by atoms with E-state index in [2.05, 4.69) is 30.1 Å². The summed E-state index contributed by atoms with van der Waals surface area (Å²) in [5.74, 6) is 0.760. The first-order valence-corrected chi connectivity index (χ1v) is 7.85. The highest BCUT2D eigenvalue weighted by Crippen LogP contribution is 2.25. The zero-order valence-electron chi connectivity index (χ0n) is 13.2. The molecule has 110 valence electrons. The van der Waals surface area contributed by atoms with E-state index in [0.29, 0.717) is 0 Å². The van der Waals surface area contributed by atoms with E-state index < -0.39 is 0 Å². The van der Waals surface area contributed by atoms with Crippen molar-refractivity contribution in [3.05, 3.63) is 0 Å². The van der Waals surface area contributed by atoms with Crippen LogP contribution in [0.25, 0.3) is 0 Å². The number of nitrogens with zero attached hydrogens (tertiary/aromatic N) is 2. The molecule has 0 heterocycles. The molecular formula is C16H31N3. The number of hydrogen-bond acceptors (Lipinski definition) is 3. The van der Waals surface area contributed by atoms with Gasteiger partial charge in [-0.05, 0) is 52.1 Å². The number of nitriles is 1. The zero-order valence-corrected chi connectivity index (χ0v) is 13.2. The first-order valence-electron chi connectivity index (χ1n) is 7.85. The van der Waals surface area contributed by atoms with Crippen molar-refractivity contribution in [2.24, 2.45) is 5.92 Å². The smallest absolute Gasteiger partial charge is 0.104 e. The fraction of sp³-hybridized carbons (Fsp3) is 0.938. The van der Waals surface area contributed by atoms with Crippen molar-refractivity contribution in [2.75, 3.05) is 20.1 Å². The van der Waals surface area contributed by atoms with Crippen LogP contribution in [0, 0.1) is 17.2 Å². The van der Waals surface area contributed by atoms with Gasteiger partial charge in [-0.3, -0.25) is 0 Å². The molecule has 1 N–H and O–H groups in total. The largest absolute Gasteiger partial charge is 0.303 e. The minimum Gasteiger partial charge on any atom is -0.303 e. The standard InChI is InChI=1S/C16H31N3/c1-14(2)9-11-19(15-7-5-6-8-15)12-10-16(3,13-17)18-4/h14-15,18H,5-12H2,1-4H3. The van der Waals surface area contributed by atoms with E-state index in [1.807, 2.05) is 14.0 Å². The van der Waals surface area contributed by atoms with Gasteiger partial charge in [0.1, 0.15) is 5.54 Å². The van der Waals surface area contributed by atoms with E-state index in [1.165, 1.54) is 38.6 Å². The predicted molar refractivity (Wildman–Crippen MR) is 81.0 cm³/mol. The third kappa shape index (κ3) is 5.50. The average molecular weight is 265 g/mol. The van der Waals surface area contributed by atoms with Crippen LogP contribution >= 0.6 is 0 Å². The van der Waals surface area contributed by atoms with Crippen molar-refractivity contribution in [3.8, 4) is 6.07 Å². The SMILES string of the molecule is CNC(C)(C#N)CCN(CCC(C)C)C1CCCC1. The van der Waals surface area contributed by atoms with Gasteiger partial charge in [0.25, 0.3) is 0 Å². The van der Waals surface area contributed by atoms with Gasteiger partial charge in [-0.1, -0.05) is 26.7 Å². The summed E-state index contributed by atoms with van der Waals surface area (Å²) < 4.78 is 0. The van der Waals surface area contributed by atoms with Gasteiger partial charge in [-0.15, -0.1) is 0 Å². The summed E-state index contributed by atoms with van der Waals surface area (Å²) in [5.41, 5.74) is -0.380. The highest BCUT2D eigenvalue weighted by atomic mass is 15.2. The summed E-state index contributed by atoms with van der Waals surface area (Å²) >= 11 is 0. The number of hydrogen-bond donors (Lipinski definition) is 1. The van der Waals surface area contributed by atoms with Crippen molar-refractivity contribution in [1.29, 1.82) is 5.26 Å². The molecule has 0 aromatic carbocycles. The second kappa shape index (κ2) is 7.87. The van der Waals surface area contributed by atoms with Crippen LogP contribution < -0.4 is 5.32 Å². The molecule has 0 saturated heterocycles. The first-order chi connectivity index (χ1) is 9.00. The molecule has 19 heavy (non-hydrogen) atoms. The third-order valence-corrected chi connectivity index (χ3v) is 4.53.